The van der Waals surface area contributed by atoms with Crippen molar-refractivity contribution >= 4 is 10.9 Å². The SMILES string of the molecule is N#CCCCCn1ccc2c(CCN)cccc21. The molecule has 1 aromatic heterocycles. The minimum Gasteiger partial charge on any atom is -0.347 e. The summed E-state index contributed by atoms with van der Waals surface area (Å²) in [7, 11) is 0. The Hall–Kier alpha value is -1.79. The Morgan fingerprint density at radius 1 is 1.22 bits per heavy atom. The second kappa shape index (κ2) is 6.23. The van der Waals surface area contributed by atoms with Crippen molar-refractivity contribution in [2.45, 2.75) is 32.2 Å². The van der Waals surface area contributed by atoms with Crippen LogP contribution in [0.4, 0.5) is 0 Å². The van der Waals surface area contributed by atoms with E-state index in [9.17, 15) is 0 Å². The Balaban J connectivity index is 2.15. The van der Waals surface area contributed by atoms with Crippen LogP contribution in [0.3, 0.4) is 0 Å². The van der Waals surface area contributed by atoms with Gasteiger partial charge < -0.3 is 10.3 Å². The van der Waals surface area contributed by atoms with Gasteiger partial charge in [0.1, 0.15) is 0 Å². The average molecular weight is 241 g/mol. The van der Waals surface area contributed by atoms with Crippen molar-refractivity contribution in [2.24, 2.45) is 5.73 Å². The zero-order valence-corrected chi connectivity index (χ0v) is 10.6. The highest BCUT2D eigenvalue weighted by Gasteiger charge is 2.04. The average Bonchev–Trinajstić information content (AvgIpc) is 2.80. The highest BCUT2D eigenvalue weighted by molar-refractivity contribution is 5.83. The Morgan fingerprint density at radius 3 is 2.89 bits per heavy atom. The maximum Gasteiger partial charge on any atom is 0.0621 e. The number of benzene rings is 1. The summed E-state index contributed by atoms with van der Waals surface area (Å²) in [6.07, 6.45) is 5.74. The Morgan fingerprint density at radius 2 is 2.11 bits per heavy atom. The minimum atomic E-state index is 0.650. The number of rotatable bonds is 6. The Bertz CT molecular complexity index is 548. The van der Waals surface area contributed by atoms with E-state index < -0.39 is 0 Å². The molecule has 0 unspecified atom stereocenters. The number of aromatic nitrogens is 1. The molecule has 0 saturated heterocycles. The van der Waals surface area contributed by atoms with E-state index in [2.05, 4.69) is 41.1 Å². The van der Waals surface area contributed by atoms with Gasteiger partial charge in [0.2, 0.25) is 0 Å². The summed E-state index contributed by atoms with van der Waals surface area (Å²) < 4.78 is 2.27. The number of nitrogens with two attached hydrogens (primary N) is 1. The quantitative estimate of drug-likeness (QED) is 0.791. The third kappa shape index (κ3) is 2.72. The van der Waals surface area contributed by atoms with Gasteiger partial charge in [0.05, 0.1) is 6.07 Å². The van der Waals surface area contributed by atoms with Crippen LogP contribution in [0.5, 0.6) is 0 Å². The van der Waals surface area contributed by atoms with E-state index in [-0.39, 0.29) is 0 Å². The topological polar surface area (TPSA) is 54.7 Å². The predicted molar refractivity (Wildman–Crippen MR) is 74.2 cm³/mol. The molecule has 0 fully saturated rings. The molecule has 0 aliphatic heterocycles. The van der Waals surface area contributed by atoms with Gasteiger partial charge in [-0.05, 0) is 43.5 Å². The second-order valence-electron chi connectivity index (χ2n) is 4.51. The summed E-state index contributed by atoms with van der Waals surface area (Å²) in [5, 5.41) is 9.83. The van der Waals surface area contributed by atoms with Gasteiger partial charge in [-0.3, -0.25) is 0 Å². The van der Waals surface area contributed by atoms with Crippen LogP contribution in [0.1, 0.15) is 24.8 Å². The molecular weight excluding hydrogens is 222 g/mol. The van der Waals surface area contributed by atoms with Gasteiger partial charge in [-0.15, -0.1) is 0 Å². The van der Waals surface area contributed by atoms with Crippen molar-refractivity contribution in [2.75, 3.05) is 6.54 Å². The zero-order chi connectivity index (χ0) is 12.8. The lowest BCUT2D eigenvalue weighted by Crippen LogP contribution is -2.03. The predicted octanol–water partition coefficient (Wildman–Crippen LogP) is 2.84. The summed E-state index contributed by atoms with van der Waals surface area (Å²) in [5.41, 5.74) is 8.24. The van der Waals surface area contributed by atoms with Crippen LogP contribution in [-0.2, 0) is 13.0 Å². The van der Waals surface area contributed by atoms with E-state index in [0.717, 1.165) is 25.8 Å². The molecule has 1 heterocycles. The molecule has 0 radical (unpaired) electrons. The maximum absolute atomic E-state index is 8.52. The molecule has 2 rings (SSSR count). The first-order valence-corrected chi connectivity index (χ1v) is 6.50. The van der Waals surface area contributed by atoms with Gasteiger partial charge in [0.25, 0.3) is 0 Å². The Kier molecular flexibility index (Phi) is 4.38. The minimum absolute atomic E-state index is 0.650. The van der Waals surface area contributed by atoms with Crippen molar-refractivity contribution in [3.63, 3.8) is 0 Å². The van der Waals surface area contributed by atoms with Crippen molar-refractivity contribution in [3.8, 4) is 6.07 Å². The van der Waals surface area contributed by atoms with E-state index in [4.69, 9.17) is 11.0 Å². The van der Waals surface area contributed by atoms with Crippen LogP contribution in [0.15, 0.2) is 30.5 Å². The largest absolute Gasteiger partial charge is 0.347 e. The molecule has 1 aromatic carbocycles. The summed E-state index contributed by atoms with van der Waals surface area (Å²) in [5.74, 6) is 0. The molecule has 0 atom stereocenters. The van der Waals surface area contributed by atoms with E-state index in [1.54, 1.807) is 0 Å². The van der Waals surface area contributed by atoms with Crippen LogP contribution < -0.4 is 5.73 Å². The zero-order valence-electron chi connectivity index (χ0n) is 10.6. The standard InChI is InChI=1S/C15H19N3/c16-9-2-1-3-11-18-12-8-14-13(7-10-17)5-4-6-15(14)18/h4-6,8,12H,1-3,7,10-11,17H2. The number of nitriles is 1. The van der Waals surface area contributed by atoms with Crippen LogP contribution in [0.2, 0.25) is 0 Å². The fraction of sp³-hybridized carbons (Fsp3) is 0.400. The first-order chi connectivity index (χ1) is 8.86. The van der Waals surface area contributed by atoms with Gasteiger partial charge in [-0.25, -0.2) is 0 Å². The van der Waals surface area contributed by atoms with Crippen molar-refractivity contribution < 1.29 is 0 Å². The number of hydrogen-bond acceptors (Lipinski definition) is 2. The molecule has 0 aliphatic carbocycles. The monoisotopic (exact) mass is 241 g/mol. The van der Waals surface area contributed by atoms with Crippen LogP contribution >= 0.6 is 0 Å². The van der Waals surface area contributed by atoms with Crippen LogP contribution in [0, 0.1) is 11.3 Å². The molecule has 0 spiro atoms. The lowest BCUT2D eigenvalue weighted by molar-refractivity contribution is 0.632. The van der Waals surface area contributed by atoms with Gasteiger partial charge >= 0.3 is 0 Å². The highest BCUT2D eigenvalue weighted by Crippen LogP contribution is 2.21. The molecule has 0 amide bonds. The van der Waals surface area contributed by atoms with Gasteiger partial charge in [-0.1, -0.05) is 12.1 Å². The van der Waals surface area contributed by atoms with E-state index in [1.807, 2.05) is 0 Å². The molecule has 18 heavy (non-hydrogen) atoms. The first-order valence-electron chi connectivity index (χ1n) is 6.50. The molecule has 2 N–H and O–H groups in total. The fourth-order valence-electron chi connectivity index (χ4n) is 2.34. The van der Waals surface area contributed by atoms with Gasteiger partial charge in [0.15, 0.2) is 0 Å². The van der Waals surface area contributed by atoms with E-state index in [0.29, 0.717) is 13.0 Å². The highest BCUT2D eigenvalue weighted by atomic mass is 14.9. The normalized spacial score (nSPS) is 10.7. The van der Waals surface area contributed by atoms with Crippen molar-refractivity contribution in [3.05, 3.63) is 36.0 Å². The lowest BCUT2D eigenvalue weighted by atomic mass is 10.1. The second-order valence-corrected chi connectivity index (χ2v) is 4.51. The summed E-state index contributed by atoms with van der Waals surface area (Å²) in [6.45, 7) is 1.67. The number of hydrogen-bond donors (Lipinski definition) is 1. The lowest BCUT2D eigenvalue weighted by Gasteiger charge is -2.06. The number of fused-ring (bicyclic) bond motifs is 1. The summed E-state index contributed by atoms with van der Waals surface area (Å²) in [6, 6.07) is 10.8. The molecule has 2 aromatic rings. The first kappa shape index (κ1) is 12.7. The van der Waals surface area contributed by atoms with Crippen LogP contribution in [-0.4, -0.2) is 11.1 Å². The summed E-state index contributed by atoms with van der Waals surface area (Å²) >= 11 is 0. The molecule has 0 aliphatic rings. The number of nitrogens with zero attached hydrogens (tertiary/aromatic N) is 2. The fourth-order valence-corrected chi connectivity index (χ4v) is 2.34. The molecular formula is C15H19N3. The molecule has 0 saturated carbocycles. The third-order valence-electron chi connectivity index (χ3n) is 3.26. The Labute approximate surface area is 108 Å². The number of aryl methyl sites for hydroxylation is 1. The molecule has 94 valence electrons. The summed E-state index contributed by atoms with van der Waals surface area (Å²) in [4.78, 5) is 0. The van der Waals surface area contributed by atoms with Crippen molar-refractivity contribution in [1.29, 1.82) is 5.26 Å². The number of unbranched alkanes of at least 4 members (excludes halogenated alkanes) is 2. The van der Waals surface area contributed by atoms with E-state index in [1.165, 1.54) is 16.5 Å². The van der Waals surface area contributed by atoms with E-state index >= 15 is 0 Å². The molecule has 0 bridgehead atoms. The van der Waals surface area contributed by atoms with Crippen molar-refractivity contribution in [1.82, 2.24) is 4.57 Å². The smallest absolute Gasteiger partial charge is 0.0621 e. The van der Waals surface area contributed by atoms with Gasteiger partial charge in [0, 0.05) is 30.1 Å². The molecule has 3 heteroatoms. The molecule has 3 nitrogen and oxygen atoms in total. The van der Waals surface area contributed by atoms with Crippen LogP contribution in [0.25, 0.3) is 10.9 Å². The maximum atomic E-state index is 8.52. The van der Waals surface area contributed by atoms with Gasteiger partial charge in [-0.2, -0.15) is 5.26 Å². The third-order valence-corrected chi connectivity index (χ3v) is 3.26.